The van der Waals surface area contributed by atoms with Crippen molar-refractivity contribution in [3.8, 4) is 5.75 Å². The molecule has 2 rings (SSSR count). The van der Waals surface area contributed by atoms with Crippen LogP contribution < -0.4 is 10.5 Å². The Bertz CT molecular complexity index is 508. The van der Waals surface area contributed by atoms with Crippen LogP contribution in [0.25, 0.3) is 0 Å². The second-order valence-electron chi connectivity index (χ2n) is 4.28. The number of hydrogen-bond acceptors (Lipinski definition) is 4. The molecule has 0 aliphatic carbocycles. The van der Waals surface area contributed by atoms with E-state index in [9.17, 15) is 0 Å². The number of hydrogen-bond donors (Lipinski definition) is 1. The van der Waals surface area contributed by atoms with Gasteiger partial charge in [-0.05, 0) is 19.4 Å². The van der Waals surface area contributed by atoms with Crippen molar-refractivity contribution in [1.29, 1.82) is 0 Å². The minimum absolute atomic E-state index is 0.00216. The van der Waals surface area contributed by atoms with Crippen molar-refractivity contribution in [1.82, 2.24) is 5.16 Å². The maximum atomic E-state index is 6.05. The second-order valence-corrected chi connectivity index (χ2v) is 4.28. The van der Waals surface area contributed by atoms with Crippen molar-refractivity contribution in [3.05, 3.63) is 47.3 Å². The molecular weight excluding hydrogens is 228 g/mol. The Morgan fingerprint density at radius 3 is 2.83 bits per heavy atom. The highest BCUT2D eigenvalue weighted by atomic mass is 16.5. The van der Waals surface area contributed by atoms with Gasteiger partial charge in [0.15, 0.2) is 5.76 Å². The molecule has 0 aliphatic rings. The fraction of sp³-hybridized carbons (Fsp3) is 0.357. The highest BCUT2D eigenvalue weighted by Gasteiger charge is 2.10. The molecule has 96 valence electrons. The van der Waals surface area contributed by atoms with Crippen LogP contribution in [0, 0.1) is 6.92 Å². The van der Waals surface area contributed by atoms with Crippen LogP contribution in [0.1, 0.15) is 36.4 Å². The summed E-state index contributed by atoms with van der Waals surface area (Å²) in [5.74, 6) is 1.52. The lowest BCUT2D eigenvalue weighted by Crippen LogP contribution is -2.10. The smallest absolute Gasteiger partial charge is 0.174 e. The Labute approximate surface area is 107 Å². The summed E-state index contributed by atoms with van der Waals surface area (Å²) < 4.78 is 10.9. The summed E-state index contributed by atoms with van der Waals surface area (Å²) >= 11 is 0. The van der Waals surface area contributed by atoms with Gasteiger partial charge in [0.2, 0.25) is 0 Å². The van der Waals surface area contributed by atoms with Gasteiger partial charge in [0.1, 0.15) is 12.4 Å². The van der Waals surface area contributed by atoms with Crippen LogP contribution in [-0.4, -0.2) is 5.16 Å². The van der Waals surface area contributed by atoms with Crippen LogP contribution in [0.5, 0.6) is 5.75 Å². The normalized spacial score (nSPS) is 12.4. The number of aryl methyl sites for hydroxylation is 1. The lowest BCUT2D eigenvalue weighted by molar-refractivity contribution is 0.246. The third-order valence-electron chi connectivity index (χ3n) is 2.81. The average Bonchev–Trinajstić information content (AvgIpc) is 2.81. The predicted molar refractivity (Wildman–Crippen MR) is 69.2 cm³/mol. The minimum Gasteiger partial charge on any atom is -0.485 e. The molecule has 0 saturated heterocycles. The first-order valence-corrected chi connectivity index (χ1v) is 6.10. The zero-order valence-corrected chi connectivity index (χ0v) is 10.7. The number of rotatable bonds is 5. The van der Waals surface area contributed by atoms with Gasteiger partial charge in [-0.1, -0.05) is 30.3 Å². The molecule has 0 saturated carbocycles. The van der Waals surface area contributed by atoms with Crippen molar-refractivity contribution >= 4 is 0 Å². The predicted octanol–water partition coefficient (Wildman–Crippen LogP) is 2.97. The van der Waals surface area contributed by atoms with Crippen LogP contribution in [-0.2, 0) is 6.61 Å². The molecule has 0 amide bonds. The van der Waals surface area contributed by atoms with Crippen molar-refractivity contribution in [3.63, 3.8) is 0 Å². The molecule has 0 aliphatic heterocycles. The van der Waals surface area contributed by atoms with E-state index in [0.717, 1.165) is 23.4 Å². The highest BCUT2D eigenvalue weighted by Crippen LogP contribution is 2.26. The summed E-state index contributed by atoms with van der Waals surface area (Å²) in [6.07, 6.45) is 0.877. The van der Waals surface area contributed by atoms with Crippen LogP contribution in [0.15, 0.2) is 34.9 Å². The van der Waals surface area contributed by atoms with E-state index in [-0.39, 0.29) is 6.04 Å². The molecule has 1 unspecified atom stereocenters. The minimum atomic E-state index is -0.00216. The van der Waals surface area contributed by atoms with Gasteiger partial charge in [-0.3, -0.25) is 0 Å². The quantitative estimate of drug-likeness (QED) is 0.881. The van der Waals surface area contributed by atoms with E-state index in [1.54, 1.807) is 0 Å². The van der Waals surface area contributed by atoms with E-state index in [1.165, 1.54) is 0 Å². The van der Waals surface area contributed by atoms with Crippen LogP contribution in [0.4, 0.5) is 0 Å². The molecule has 4 nitrogen and oxygen atoms in total. The number of ether oxygens (including phenoxy) is 1. The molecule has 2 aromatic rings. The summed E-state index contributed by atoms with van der Waals surface area (Å²) in [5.41, 5.74) is 7.93. The maximum Gasteiger partial charge on any atom is 0.174 e. The first kappa shape index (κ1) is 12.6. The number of para-hydroxylation sites is 1. The number of nitrogens with two attached hydrogens (primary N) is 1. The lowest BCUT2D eigenvalue weighted by atomic mass is 10.0. The number of aromatic nitrogens is 1. The van der Waals surface area contributed by atoms with E-state index in [2.05, 4.69) is 12.1 Å². The Morgan fingerprint density at radius 2 is 2.17 bits per heavy atom. The van der Waals surface area contributed by atoms with Crippen LogP contribution in [0.2, 0.25) is 0 Å². The van der Waals surface area contributed by atoms with Gasteiger partial charge in [0.25, 0.3) is 0 Å². The number of nitrogens with zero attached hydrogens (tertiary/aromatic N) is 1. The van der Waals surface area contributed by atoms with Gasteiger partial charge < -0.3 is 15.0 Å². The van der Waals surface area contributed by atoms with E-state index < -0.39 is 0 Å². The Balaban J connectivity index is 2.09. The zero-order valence-electron chi connectivity index (χ0n) is 10.7. The standard InChI is InChI=1S/C14H18N2O2/c1-3-13(15)12-6-4-5-7-14(12)17-9-11-8-10(2)16-18-11/h4-8,13H,3,9,15H2,1-2H3. The van der Waals surface area contributed by atoms with Crippen molar-refractivity contribution in [2.75, 3.05) is 0 Å². The molecule has 18 heavy (non-hydrogen) atoms. The average molecular weight is 246 g/mol. The monoisotopic (exact) mass is 246 g/mol. The largest absolute Gasteiger partial charge is 0.485 e. The molecule has 1 heterocycles. The number of benzene rings is 1. The lowest BCUT2D eigenvalue weighted by Gasteiger charge is -2.14. The third-order valence-corrected chi connectivity index (χ3v) is 2.81. The molecule has 1 aromatic heterocycles. The van der Waals surface area contributed by atoms with Gasteiger partial charge in [-0.15, -0.1) is 0 Å². The Kier molecular flexibility index (Phi) is 3.99. The van der Waals surface area contributed by atoms with Crippen LogP contribution >= 0.6 is 0 Å². The SMILES string of the molecule is CCC(N)c1ccccc1OCc1cc(C)no1. The second kappa shape index (κ2) is 5.69. The molecular formula is C14H18N2O2. The van der Waals surface area contributed by atoms with E-state index in [0.29, 0.717) is 12.4 Å². The summed E-state index contributed by atoms with van der Waals surface area (Å²) in [6.45, 7) is 4.31. The summed E-state index contributed by atoms with van der Waals surface area (Å²) in [5, 5.41) is 3.82. The Hall–Kier alpha value is -1.81. The highest BCUT2D eigenvalue weighted by molar-refractivity contribution is 5.35. The first-order chi connectivity index (χ1) is 8.70. The molecule has 1 atom stereocenters. The van der Waals surface area contributed by atoms with Crippen LogP contribution in [0.3, 0.4) is 0 Å². The van der Waals surface area contributed by atoms with Gasteiger partial charge in [0.05, 0.1) is 5.69 Å². The first-order valence-electron chi connectivity index (χ1n) is 6.10. The van der Waals surface area contributed by atoms with Gasteiger partial charge in [-0.25, -0.2) is 0 Å². The molecule has 4 heteroatoms. The third kappa shape index (κ3) is 2.90. The molecule has 2 N–H and O–H groups in total. The summed E-state index contributed by atoms with van der Waals surface area (Å²) in [4.78, 5) is 0. The maximum absolute atomic E-state index is 6.05. The van der Waals surface area contributed by atoms with E-state index in [4.69, 9.17) is 15.0 Å². The van der Waals surface area contributed by atoms with Crippen molar-refractivity contribution < 1.29 is 9.26 Å². The van der Waals surface area contributed by atoms with Gasteiger partial charge in [0, 0.05) is 17.7 Å². The van der Waals surface area contributed by atoms with E-state index >= 15 is 0 Å². The van der Waals surface area contributed by atoms with Crippen molar-refractivity contribution in [2.45, 2.75) is 32.9 Å². The Morgan fingerprint density at radius 1 is 1.39 bits per heavy atom. The summed E-state index contributed by atoms with van der Waals surface area (Å²) in [7, 11) is 0. The molecule has 0 radical (unpaired) electrons. The molecule has 0 spiro atoms. The zero-order chi connectivity index (χ0) is 13.0. The topological polar surface area (TPSA) is 61.3 Å². The fourth-order valence-electron chi connectivity index (χ4n) is 1.77. The molecule has 1 aromatic carbocycles. The van der Waals surface area contributed by atoms with Crippen molar-refractivity contribution in [2.24, 2.45) is 5.73 Å². The molecule has 0 fully saturated rings. The van der Waals surface area contributed by atoms with Gasteiger partial charge in [-0.2, -0.15) is 0 Å². The summed E-state index contributed by atoms with van der Waals surface area (Å²) in [6, 6.07) is 9.69. The van der Waals surface area contributed by atoms with E-state index in [1.807, 2.05) is 37.3 Å². The fourth-order valence-corrected chi connectivity index (χ4v) is 1.77. The molecule has 0 bridgehead atoms. The van der Waals surface area contributed by atoms with Gasteiger partial charge >= 0.3 is 0 Å².